The summed E-state index contributed by atoms with van der Waals surface area (Å²) in [5.74, 6) is 0. The number of nitrogens with zero attached hydrogens (tertiary/aromatic N) is 2. The second-order valence-corrected chi connectivity index (χ2v) is 3.94. The second kappa shape index (κ2) is 8.21. The standard InChI is InChI=1S/C9H21N3.C2H6/c1-9(2)10-8-12-6-4-11(3)5-7-12;1-2/h9-10H,4-8H2,1-3H3;1-2H3. The first-order chi connectivity index (χ1) is 6.68. The van der Waals surface area contributed by atoms with Crippen molar-refractivity contribution >= 4 is 0 Å². The lowest BCUT2D eigenvalue weighted by Gasteiger charge is -2.32. The summed E-state index contributed by atoms with van der Waals surface area (Å²) in [5.41, 5.74) is 0. The molecule has 1 rings (SSSR count). The minimum absolute atomic E-state index is 0.602. The quantitative estimate of drug-likeness (QED) is 0.740. The molecule has 0 amide bonds. The molecule has 0 aliphatic carbocycles. The van der Waals surface area contributed by atoms with Gasteiger partial charge < -0.3 is 10.2 Å². The van der Waals surface area contributed by atoms with Gasteiger partial charge in [0.25, 0.3) is 0 Å². The summed E-state index contributed by atoms with van der Waals surface area (Å²) >= 11 is 0. The molecule has 0 aromatic rings. The van der Waals surface area contributed by atoms with E-state index in [1.807, 2.05) is 13.8 Å². The first kappa shape index (κ1) is 13.9. The van der Waals surface area contributed by atoms with Crippen LogP contribution in [-0.4, -0.2) is 55.7 Å². The Kier molecular flexibility index (Phi) is 8.14. The van der Waals surface area contributed by atoms with Crippen molar-refractivity contribution in [1.82, 2.24) is 15.1 Å². The molecule has 1 aliphatic rings. The van der Waals surface area contributed by atoms with Crippen LogP contribution < -0.4 is 5.32 Å². The molecule has 3 nitrogen and oxygen atoms in total. The normalized spacial score (nSPS) is 19.3. The third-order valence-corrected chi connectivity index (χ3v) is 2.32. The van der Waals surface area contributed by atoms with Gasteiger partial charge in [0, 0.05) is 38.9 Å². The molecule has 0 aromatic heterocycles. The van der Waals surface area contributed by atoms with Gasteiger partial charge in [-0.1, -0.05) is 13.8 Å². The lowest BCUT2D eigenvalue weighted by molar-refractivity contribution is 0.142. The van der Waals surface area contributed by atoms with Gasteiger partial charge >= 0.3 is 0 Å². The zero-order chi connectivity index (χ0) is 11.0. The lowest BCUT2D eigenvalue weighted by Crippen LogP contribution is -2.48. The highest BCUT2D eigenvalue weighted by Crippen LogP contribution is 1.96. The molecule has 1 saturated heterocycles. The van der Waals surface area contributed by atoms with Crippen LogP contribution >= 0.6 is 0 Å². The maximum absolute atomic E-state index is 3.44. The zero-order valence-corrected chi connectivity index (χ0v) is 10.5. The fourth-order valence-corrected chi connectivity index (χ4v) is 1.32. The second-order valence-electron chi connectivity index (χ2n) is 3.94. The van der Waals surface area contributed by atoms with Gasteiger partial charge in [-0.2, -0.15) is 0 Å². The van der Waals surface area contributed by atoms with Crippen LogP contribution in [-0.2, 0) is 0 Å². The summed E-state index contributed by atoms with van der Waals surface area (Å²) in [7, 11) is 2.19. The summed E-state index contributed by atoms with van der Waals surface area (Å²) in [6, 6.07) is 0.602. The molecule has 0 aromatic carbocycles. The molecule has 0 saturated carbocycles. The van der Waals surface area contributed by atoms with Crippen molar-refractivity contribution in [3.63, 3.8) is 0 Å². The average molecular weight is 201 g/mol. The Hall–Kier alpha value is -0.120. The number of rotatable bonds is 3. The SMILES string of the molecule is CC.CC(C)NCN1CCN(C)CC1. The molecule has 86 valence electrons. The first-order valence-corrected chi connectivity index (χ1v) is 5.83. The molecule has 0 atom stereocenters. The van der Waals surface area contributed by atoms with Gasteiger partial charge in [0.05, 0.1) is 0 Å². The molecule has 1 fully saturated rings. The zero-order valence-electron chi connectivity index (χ0n) is 10.5. The highest BCUT2D eigenvalue weighted by molar-refractivity contribution is 4.68. The van der Waals surface area contributed by atoms with Crippen molar-refractivity contribution in [3.05, 3.63) is 0 Å². The van der Waals surface area contributed by atoms with Gasteiger partial charge in [-0.3, -0.25) is 4.90 Å². The topological polar surface area (TPSA) is 18.5 Å². The van der Waals surface area contributed by atoms with Crippen LogP contribution in [0.1, 0.15) is 27.7 Å². The Bertz CT molecular complexity index is 118. The van der Waals surface area contributed by atoms with Gasteiger partial charge in [0.2, 0.25) is 0 Å². The maximum Gasteiger partial charge on any atom is 0.0483 e. The Morgan fingerprint density at radius 3 is 2.00 bits per heavy atom. The highest BCUT2D eigenvalue weighted by Gasteiger charge is 2.12. The van der Waals surface area contributed by atoms with Crippen LogP contribution in [0, 0.1) is 0 Å². The van der Waals surface area contributed by atoms with Gasteiger partial charge in [0.15, 0.2) is 0 Å². The fraction of sp³-hybridized carbons (Fsp3) is 1.00. The van der Waals surface area contributed by atoms with Crippen molar-refractivity contribution in [2.75, 3.05) is 39.9 Å². The van der Waals surface area contributed by atoms with E-state index in [0.717, 1.165) is 6.67 Å². The maximum atomic E-state index is 3.44. The first-order valence-electron chi connectivity index (χ1n) is 5.83. The van der Waals surface area contributed by atoms with Crippen molar-refractivity contribution in [2.45, 2.75) is 33.7 Å². The van der Waals surface area contributed by atoms with E-state index in [9.17, 15) is 0 Å². The summed E-state index contributed by atoms with van der Waals surface area (Å²) in [5, 5.41) is 3.44. The van der Waals surface area contributed by atoms with E-state index in [1.165, 1.54) is 26.2 Å². The van der Waals surface area contributed by atoms with E-state index >= 15 is 0 Å². The number of hydrogen-bond acceptors (Lipinski definition) is 3. The third kappa shape index (κ3) is 6.35. The van der Waals surface area contributed by atoms with Gasteiger partial charge in [-0.15, -0.1) is 0 Å². The van der Waals surface area contributed by atoms with Crippen LogP contribution in [0.3, 0.4) is 0 Å². The van der Waals surface area contributed by atoms with Crippen molar-refractivity contribution in [1.29, 1.82) is 0 Å². The van der Waals surface area contributed by atoms with E-state index in [0.29, 0.717) is 6.04 Å². The molecule has 1 aliphatic heterocycles. The van der Waals surface area contributed by atoms with E-state index in [1.54, 1.807) is 0 Å². The molecule has 0 bridgehead atoms. The largest absolute Gasteiger partial charge is 0.304 e. The summed E-state index contributed by atoms with van der Waals surface area (Å²) in [4.78, 5) is 4.85. The fourth-order valence-electron chi connectivity index (χ4n) is 1.32. The van der Waals surface area contributed by atoms with Gasteiger partial charge in [-0.05, 0) is 20.9 Å². The van der Waals surface area contributed by atoms with Gasteiger partial charge in [0.1, 0.15) is 0 Å². The summed E-state index contributed by atoms with van der Waals surface area (Å²) in [6.07, 6.45) is 0. The van der Waals surface area contributed by atoms with Crippen LogP contribution in [0.2, 0.25) is 0 Å². The Morgan fingerprint density at radius 2 is 1.57 bits per heavy atom. The number of hydrogen-bond donors (Lipinski definition) is 1. The highest BCUT2D eigenvalue weighted by atomic mass is 15.3. The molecule has 3 heteroatoms. The molecule has 0 unspecified atom stereocenters. The molecule has 0 spiro atoms. The van der Waals surface area contributed by atoms with Crippen LogP contribution in [0.4, 0.5) is 0 Å². The predicted molar refractivity (Wildman–Crippen MR) is 63.6 cm³/mol. The minimum Gasteiger partial charge on any atom is -0.304 e. The Morgan fingerprint density at radius 1 is 1.07 bits per heavy atom. The van der Waals surface area contributed by atoms with E-state index in [4.69, 9.17) is 0 Å². The number of piperazine rings is 1. The van der Waals surface area contributed by atoms with E-state index < -0.39 is 0 Å². The molecule has 0 radical (unpaired) electrons. The Balaban J connectivity index is 0.000000791. The van der Waals surface area contributed by atoms with Crippen molar-refractivity contribution < 1.29 is 0 Å². The Labute approximate surface area is 89.5 Å². The monoisotopic (exact) mass is 201 g/mol. The van der Waals surface area contributed by atoms with Crippen molar-refractivity contribution in [3.8, 4) is 0 Å². The molecular weight excluding hydrogens is 174 g/mol. The van der Waals surface area contributed by atoms with Gasteiger partial charge in [-0.25, -0.2) is 0 Å². The number of nitrogens with one attached hydrogen (secondary N) is 1. The minimum atomic E-state index is 0.602. The van der Waals surface area contributed by atoms with Crippen LogP contribution in [0.15, 0.2) is 0 Å². The third-order valence-electron chi connectivity index (χ3n) is 2.32. The average Bonchev–Trinajstić information content (AvgIpc) is 2.20. The molecule has 1 heterocycles. The molecule has 1 N–H and O–H groups in total. The molecule has 14 heavy (non-hydrogen) atoms. The van der Waals surface area contributed by atoms with E-state index in [2.05, 4.69) is 36.0 Å². The van der Waals surface area contributed by atoms with Crippen molar-refractivity contribution in [2.24, 2.45) is 0 Å². The van der Waals surface area contributed by atoms with Crippen LogP contribution in [0.5, 0.6) is 0 Å². The smallest absolute Gasteiger partial charge is 0.0483 e. The predicted octanol–water partition coefficient (Wildman–Crippen LogP) is 1.22. The summed E-state index contributed by atoms with van der Waals surface area (Å²) in [6.45, 7) is 14.3. The molecular formula is C11H27N3. The van der Waals surface area contributed by atoms with E-state index in [-0.39, 0.29) is 0 Å². The summed E-state index contributed by atoms with van der Waals surface area (Å²) < 4.78 is 0. The number of likely N-dealkylation sites (N-methyl/N-ethyl adjacent to an activating group) is 1. The lowest BCUT2D eigenvalue weighted by atomic mass is 10.3. The van der Waals surface area contributed by atoms with Crippen LogP contribution in [0.25, 0.3) is 0 Å².